The summed E-state index contributed by atoms with van der Waals surface area (Å²) >= 11 is 0. The van der Waals surface area contributed by atoms with Gasteiger partial charge in [-0.3, -0.25) is 0 Å². The van der Waals surface area contributed by atoms with E-state index in [1.807, 2.05) is 0 Å². The lowest BCUT2D eigenvalue weighted by molar-refractivity contribution is 0.714. The van der Waals surface area contributed by atoms with E-state index in [4.69, 9.17) is 0 Å². The Morgan fingerprint density at radius 2 is 0.843 bits per heavy atom. The molecular weight excluding hydrogens is 615 g/mol. The summed E-state index contributed by atoms with van der Waals surface area (Å²) in [6.45, 7) is 2.40. The van der Waals surface area contributed by atoms with E-state index >= 15 is 0 Å². The van der Waals surface area contributed by atoms with Crippen LogP contribution in [0.25, 0.3) is 54.6 Å². The van der Waals surface area contributed by atoms with Crippen molar-refractivity contribution in [1.29, 1.82) is 0 Å². The van der Waals surface area contributed by atoms with Crippen molar-refractivity contribution in [2.45, 2.75) is 12.3 Å². The third-order valence-electron chi connectivity index (χ3n) is 11.1. The van der Waals surface area contributed by atoms with Crippen molar-refractivity contribution in [3.05, 3.63) is 211 Å². The summed E-state index contributed by atoms with van der Waals surface area (Å²) in [7, 11) is 0. The SMILES string of the molecule is CC1(c2ccccc2)c2ccccc2-c2ccc(N(c3ccc4c5ccccc5c5ccccc5c4c3)c3ccccc3-c3ccccc3)cc21. The minimum Gasteiger partial charge on any atom is -0.310 e. The molecule has 1 atom stereocenters. The number of hydrogen-bond acceptors (Lipinski definition) is 1. The number of para-hydroxylation sites is 1. The van der Waals surface area contributed by atoms with Crippen LogP contribution in [-0.4, -0.2) is 0 Å². The summed E-state index contributed by atoms with van der Waals surface area (Å²) in [5, 5.41) is 7.64. The van der Waals surface area contributed by atoms with Crippen LogP contribution in [0, 0.1) is 0 Å². The largest absolute Gasteiger partial charge is 0.310 e. The second-order valence-corrected chi connectivity index (χ2v) is 13.8. The van der Waals surface area contributed by atoms with Gasteiger partial charge in [0, 0.05) is 22.4 Å². The summed E-state index contributed by atoms with van der Waals surface area (Å²) in [5.74, 6) is 0. The zero-order valence-corrected chi connectivity index (χ0v) is 28.4. The number of benzene rings is 9. The van der Waals surface area contributed by atoms with Gasteiger partial charge in [-0.25, -0.2) is 0 Å². The monoisotopic (exact) mass is 649 g/mol. The molecule has 0 saturated heterocycles. The molecule has 0 bridgehead atoms. The quantitative estimate of drug-likeness (QED) is 0.168. The normalized spacial score (nSPS) is 14.8. The predicted octanol–water partition coefficient (Wildman–Crippen LogP) is 13.6. The van der Waals surface area contributed by atoms with Gasteiger partial charge in [0.1, 0.15) is 0 Å². The molecule has 0 fully saturated rings. The molecule has 1 unspecified atom stereocenters. The van der Waals surface area contributed by atoms with E-state index in [1.54, 1.807) is 0 Å². The lowest BCUT2D eigenvalue weighted by Crippen LogP contribution is -2.22. The van der Waals surface area contributed by atoms with E-state index in [0.717, 1.165) is 17.1 Å². The van der Waals surface area contributed by atoms with Crippen molar-refractivity contribution < 1.29 is 0 Å². The molecule has 0 N–H and O–H groups in total. The van der Waals surface area contributed by atoms with Crippen molar-refractivity contribution in [3.63, 3.8) is 0 Å². The first-order chi connectivity index (χ1) is 25.2. The van der Waals surface area contributed by atoms with E-state index in [2.05, 4.69) is 206 Å². The molecule has 0 saturated carbocycles. The molecule has 240 valence electrons. The van der Waals surface area contributed by atoms with Gasteiger partial charge in [0.2, 0.25) is 0 Å². The second-order valence-electron chi connectivity index (χ2n) is 13.8. The summed E-state index contributed by atoms with van der Waals surface area (Å²) < 4.78 is 0. The molecule has 10 rings (SSSR count). The minimum absolute atomic E-state index is 0.299. The number of rotatable bonds is 5. The van der Waals surface area contributed by atoms with Crippen LogP contribution < -0.4 is 4.90 Å². The van der Waals surface area contributed by atoms with Crippen LogP contribution in [0.3, 0.4) is 0 Å². The van der Waals surface area contributed by atoms with Crippen LogP contribution in [-0.2, 0) is 5.41 Å². The zero-order chi connectivity index (χ0) is 33.9. The molecule has 0 radical (unpaired) electrons. The molecule has 1 heteroatoms. The Balaban J connectivity index is 1.26. The third-order valence-corrected chi connectivity index (χ3v) is 11.1. The summed E-state index contributed by atoms with van der Waals surface area (Å²) in [6, 6.07) is 71.3. The molecule has 0 aliphatic heterocycles. The first-order valence-corrected chi connectivity index (χ1v) is 17.8. The number of anilines is 3. The molecule has 0 spiro atoms. The van der Waals surface area contributed by atoms with E-state index in [0.29, 0.717) is 0 Å². The fourth-order valence-corrected chi connectivity index (χ4v) is 8.69. The highest BCUT2D eigenvalue weighted by Gasteiger charge is 2.41. The smallest absolute Gasteiger partial charge is 0.0540 e. The topological polar surface area (TPSA) is 3.24 Å². The van der Waals surface area contributed by atoms with Crippen LogP contribution in [0.2, 0.25) is 0 Å². The van der Waals surface area contributed by atoms with Gasteiger partial charge in [-0.1, -0.05) is 164 Å². The van der Waals surface area contributed by atoms with Crippen LogP contribution in [0.1, 0.15) is 23.6 Å². The van der Waals surface area contributed by atoms with Gasteiger partial charge < -0.3 is 4.90 Å². The van der Waals surface area contributed by atoms with Crippen molar-refractivity contribution in [2.24, 2.45) is 0 Å². The summed E-state index contributed by atoms with van der Waals surface area (Å²) in [6.07, 6.45) is 0. The van der Waals surface area contributed by atoms with Gasteiger partial charge in [0.15, 0.2) is 0 Å². The maximum Gasteiger partial charge on any atom is 0.0540 e. The van der Waals surface area contributed by atoms with Crippen LogP contribution >= 0.6 is 0 Å². The van der Waals surface area contributed by atoms with Crippen molar-refractivity contribution in [3.8, 4) is 22.3 Å². The average Bonchev–Trinajstić information content (AvgIpc) is 3.47. The number of hydrogen-bond donors (Lipinski definition) is 0. The Hall–Kier alpha value is -6.44. The maximum atomic E-state index is 2.47. The lowest BCUT2D eigenvalue weighted by Gasteiger charge is -2.32. The molecule has 1 aliphatic carbocycles. The first kappa shape index (κ1) is 29.5. The Morgan fingerprint density at radius 1 is 0.353 bits per heavy atom. The van der Waals surface area contributed by atoms with Crippen molar-refractivity contribution in [1.82, 2.24) is 0 Å². The molecule has 1 nitrogen and oxygen atoms in total. The maximum absolute atomic E-state index is 2.47. The Bertz CT molecular complexity index is 2730. The van der Waals surface area contributed by atoms with Crippen LogP contribution in [0.4, 0.5) is 17.1 Å². The van der Waals surface area contributed by atoms with E-state index in [1.165, 1.54) is 71.3 Å². The van der Waals surface area contributed by atoms with Gasteiger partial charge in [-0.05, 0) is 103 Å². The molecule has 9 aromatic carbocycles. The van der Waals surface area contributed by atoms with Gasteiger partial charge in [0.05, 0.1) is 5.69 Å². The standard InChI is InChI=1S/C50H35N/c1-50(35-18-6-3-7-19-35)47-26-14-12-25-44(47)45-31-29-37(33-48(45)50)51(49-27-15-13-20-38(49)34-16-4-2-5-17-34)36-28-30-43-41-23-9-8-21-39(41)40-22-10-11-24-42(40)46(43)32-36/h2-33H,1H3. The number of nitrogens with zero attached hydrogens (tertiary/aromatic N) is 1. The van der Waals surface area contributed by atoms with Crippen LogP contribution in [0.15, 0.2) is 194 Å². The molecule has 0 heterocycles. The average molecular weight is 650 g/mol. The second kappa shape index (κ2) is 11.6. The Morgan fingerprint density at radius 3 is 1.55 bits per heavy atom. The highest BCUT2D eigenvalue weighted by Crippen LogP contribution is 2.54. The number of fused-ring (bicyclic) bond motifs is 9. The molecule has 0 amide bonds. The van der Waals surface area contributed by atoms with Crippen molar-refractivity contribution >= 4 is 49.4 Å². The van der Waals surface area contributed by atoms with Gasteiger partial charge in [0.25, 0.3) is 0 Å². The fraction of sp³-hybridized carbons (Fsp3) is 0.0400. The van der Waals surface area contributed by atoms with E-state index in [-0.39, 0.29) is 5.41 Å². The summed E-state index contributed by atoms with van der Waals surface area (Å²) in [5.41, 5.74) is 12.1. The minimum atomic E-state index is -0.299. The van der Waals surface area contributed by atoms with Gasteiger partial charge in [-0.15, -0.1) is 0 Å². The molecule has 9 aromatic rings. The highest BCUT2D eigenvalue weighted by molar-refractivity contribution is 6.25. The highest BCUT2D eigenvalue weighted by atomic mass is 15.1. The fourth-order valence-electron chi connectivity index (χ4n) is 8.69. The third kappa shape index (κ3) is 4.48. The Labute approximate surface area is 298 Å². The summed E-state index contributed by atoms with van der Waals surface area (Å²) in [4.78, 5) is 2.47. The molecule has 51 heavy (non-hydrogen) atoms. The molecular formula is C50H35N. The first-order valence-electron chi connectivity index (χ1n) is 17.8. The van der Waals surface area contributed by atoms with Gasteiger partial charge >= 0.3 is 0 Å². The van der Waals surface area contributed by atoms with Crippen LogP contribution in [0.5, 0.6) is 0 Å². The predicted molar refractivity (Wildman–Crippen MR) is 217 cm³/mol. The Kier molecular flexibility index (Phi) is 6.69. The van der Waals surface area contributed by atoms with E-state index < -0.39 is 0 Å². The lowest BCUT2D eigenvalue weighted by atomic mass is 9.74. The zero-order valence-electron chi connectivity index (χ0n) is 28.4. The molecule has 1 aliphatic rings. The van der Waals surface area contributed by atoms with E-state index in [9.17, 15) is 0 Å². The van der Waals surface area contributed by atoms with Crippen molar-refractivity contribution in [2.75, 3.05) is 4.90 Å². The molecule has 0 aromatic heterocycles. The van der Waals surface area contributed by atoms with Gasteiger partial charge in [-0.2, -0.15) is 0 Å².